The average molecular weight is 364 g/mol. The maximum absolute atomic E-state index is 11.9. The Kier molecular flexibility index (Phi) is 4.07. The summed E-state index contributed by atoms with van der Waals surface area (Å²) in [6.45, 7) is 0.0223. The molecule has 1 amide bonds. The molecule has 1 N–H and O–H groups in total. The summed E-state index contributed by atoms with van der Waals surface area (Å²) < 4.78 is 0.957. The first kappa shape index (κ1) is 13.9. The molecule has 0 aliphatic heterocycles. The minimum atomic E-state index is -0.201. The molecule has 2 heterocycles. The van der Waals surface area contributed by atoms with Crippen LogP contribution in [0.15, 0.2) is 46.3 Å². The molecular formula is C13H10BrN5OS. The van der Waals surface area contributed by atoms with Crippen LogP contribution in [-0.2, 0) is 11.3 Å². The van der Waals surface area contributed by atoms with Crippen molar-refractivity contribution >= 4 is 38.9 Å². The summed E-state index contributed by atoms with van der Waals surface area (Å²) in [6.07, 6.45) is 0. The van der Waals surface area contributed by atoms with E-state index in [2.05, 4.69) is 36.7 Å². The van der Waals surface area contributed by atoms with E-state index in [9.17, 15) is 4.79 Å². The van der Waals surface area contributed by atoms with E-state index >= 15 is 0 Å². The van der Waals surface area contributed by atoms with Crippen molar-refractivity contribution in [3.05, 3.63) is 46.3 Å². The minimum absolute atomic E-state index is 0.0223. The lowest BCUT2D eigenvalue weighted by Gasteiger charge is -2.04. The Bertz CT molecular complexity index is 738. The van der Waals surface area contributed by atoms with Crippen LogP contribution in [0.2, 0.25) is 0 Å². The number of thiophene rings is 1. The Morgan fingerprint density at radius 3 is 2.81 bits per heavy atom. The molecule has 3 rings (SSSR count). The molecule has 0 aliphatic rings. The van der Waals surface area contributed by atoms with E-state index in [-0.39, 0.29) is 12.5 Å². The lowest BCUT2D eigenvalue weighted by molar-refractivity contribution is -0.117. The monoisotopic (exact) mass is 363 g/mol. The number of rotatable bonds is 4. The number of tetrazole rings is 1. The number of halogens is 1. The number of nitrogens with one attached hydrogen (secondary N) is 1. The van der Waals surface area contributed by atoms with Gasteiger partial charge >= 0.3 is 0 Å². The molecule has 0 spiro atoms. The van der Waals surface area contributed by atoms with Crippen LogP contribution >= 0.6 is 27.3 Å². The highest BCUT2D eigenvalue weighted by atomic mass is 79.9. The van der Waals surface area contributed by atoms with Crippen LogP contribution in [0.5, 0.6) is 0 Å². The summed E-state index contributed by atoms with van der Waals surface area (Å²) >= 11 is 4.87. The summed E-state index contributed by atoms with van der Waals surface area (Å²) in [6, 6.07) is 11.2. The van der Waals surface area contributed by atoms with Crippen LogP contribution in [0.1, 0.15) is 0 Å². The molecule has 0 bridgehead atoms. The highest BCUT2D eigenvalue weighted by Gasteiger charge is 2.10. The lowest BCUT2D eigenvalue weighted by atomic mass is 10.3. The van der Waals surface area contributed by atoms with Gasteiger partial charge in [0.1, 0.15) is 6.54 Å². The zero-order chi connectivity index (χ0) is 14.7. The van der Waals surface area contributed by atoms with Gasteiger partial charge in [0.05, 0.1) is 4.88 Å². The van der Waals surface area contributed by atoms with Gasteiger partial charge in [0.15, 0.2) is 0 Å². The van der Waals surface area contributed by atoms with Crippen molar-refractivity contribution in [3.63, 3.8) is 0 Å². The third-order valence-corrected chi connectivity index (χ3v) is 4.00. The Morgan fingerprint density at radius 2 is 2.10 bits per heavy atom. The Labute approximate surface area is 132 Å². The highest BCUT2D eigenvalue weighted by Crippen LogP contribution is 2.19. The molecule has 0 saturated carbocycles. The molecule has 106 valence electrons. The van der Waals surface area contributed by atoms with Gasteiger partial charge < -0.3 is 5.32 Å². The van der Waals surface area contributed by atoms with Crippen LogP contribution < -0.4 is 5.32 Å². The summed E-state index contributed by atoms with van der Waals surface area (Å²) in [7, 11) is 0. The molecular weight excluding hydrogens is 354 g/mol. The zero-order valence-electron chi connectivity index (χ0n) is 10.7. The molecule has 3 aromatic rings. The smallest absolute Gasteiger partial charge is 0.248 e. The van der Waals surface area contributed by atoms with Gasteiger partial charge in [-0.1, -0.05) is 22.0 Å². The zero-order valence-corrected chi connectivity index (χ0v) is 13.1. The average Bonchev–Trinajstić information content (AvgIpc) is 3.12. The summed E-state index contributed by atoms with van der Waals surface area (Å²) in [5.74, 6) is 0.328. The molecule has 0 saturated heterocycles. The second-order valence-electron chi connectivity index (χ2n) is 4.18. The van der Waals surface area contributed by atoms with E-state index in [1.54, 1.807) is 0 Å². The Balaban J connectivity index is 1.64. The second kappa shape index (κ2) is 6.15. The fourth-order valence-electron chi connectivity index (χ4n) is 1.68. The van der Waals surface area contributed by atoms with Gasteiger partial charge in [0.2, 0.25) is 11.7 Å². The van der Waals surface area contributed by atoms with Crippen molar-refractivity contribution in [2.24, 2.45) is 0 Å². The van der Waals surface area contributed by atoms with E-state index in [1.165, 1.54) is 16.1 Å². The molecule has 2 aromatic heterocycles. The predicted molar refractivity (Wildman–Crippen MR) is 83.9 cm³/mol. The van der Waals surface area contributed by atoms with Gasteiger partial charge in [0.25, 0.3) is 0 Å². The summed E-state index contributed by atoms with van der Waals surface area (Å²) in [5.41, 5.74) is 0.724. The van der Waals surface area contributed by atoms with E-state index in [1.807, 2.05) is 41.8 Å². The van der Waals surface area contributed by atoms with Crippen LogP contribution in [-0.4, -0.2) is 26.1 Å². The second-order valence-corrected chi connectivity index (χ2v) is 6.04. The number of benzene rings is 1. The number of carbonyl (C=O) groups is 1. The van der Waals surface area contributed by atoms with Gasteiger partial charge in [-0.15, -0.1) is 21.5 Å². The molecule has 1 aromatic carbocycles. The first-order valence-electron chi connectivity index (χ1n) is 6.08. The third-order valence-electron chi connectivity index (χ3n) is 2.61. The van der Waals surface area contributed by atoms with E-state index < -0.39 is 0 Å². The van der Waals surface area contributed by atoms with Crippen molar-refractivity contribution < 1.29 is 4.79 Å². The van der Waals surface area contributed by atoms with Crippen LogP contribution in [0.4, 0.5) is 5.69 Å². The molecule has 0 fully saturated rings. The molecule has 6 nitrogen and oxygen atoms in total. The lowest BCUT2D eigenvalue weighted by Crippen LogP contribution is -2.20. The molecule has 8 heteroatoms. The number of hydrogen-bond donors (Lipinski definition) is 1. The summed E-state index contributed by atoms with van der Waals surface area (Å²) in [4.78, 5) is 14.1. The normalized spacial score (nSPS) is 10.5. The number of anilines is 1. The van der Waals surface area contributed by atoms with E-state index in [0.717, 1.165) is 15.0 Å². The van der Waals surface area contributed by atoms with Crippen molar-refractivity contribution in [3.8, 4) is 10.7 Å². The maximum Gasteiger partial charge on any atom is 0.248 e. The SMILES string of the molecule is O=C(Cn1nnc(-c2cccs2)n1)Nc1ccc(Br)cc1. The van der Waals surface area contributed by atoms with Gasteiger partial charge in [-0.3, -0.25) is 4.79 Å². The minimum Gasteiger partial charge on any atom is -0.324 e. The van der Waals surface area contributed by atoms with Crippen molar-refractivity contribution in [2.75, 3.05) is 5.32 Å². The van der Waals surface area contributed by atoms with Crippen LogP contribution in [0.25, 0.3) is 10.7 Å². The van der Waals surface area contributed by atoms with Gasteiger partial charge in [-0.25, -0.2) is 0 Å². The van der Waals surface area contributed by atoms with Gasteiger partial charge in [0, 0.05) is 10.2 Å². The molecule has 0 unspecified atom stereocenters. The molecule has 0 aliphatic carbocycles. The molecule has 21 heavy (non-hydrogen) atoms. The van der Waals surface area contributed by atoms with Crippen molar-refractivity contribution in [1.82, 2.24) is 20.2 Å². The number of nitrogens with zero attached hydrogens (tertiary/aromatic N) is 4. The van der Waals surface area contributed by atoms with E-state index in [4.69, 9.17) is 0 Å². The number of amides is 1. The quantitative estimate of drug-likeness (QED) is 0.773. The standard InChI is InChI=1S/C13H10BrN5OS/c14-9-3-5-10(6-4-9)15-12(20)8-19-17-13(16-18-19)11-2-1-7-21-11/h1-7H,8H2,(H,15,20). The first-order chi connectivity index (χ1) is 10.2. The van der Waals surface area contributed by atoms with Gasteiger partial charge in [-0.2, -0.15) is 4.80 Å². The fourth-order valence-corrected chi connectivity index (χ4v) is 2.59. The number of aromatic nitrogens is 4. The number of carbonyl (C=O) groups excluding carboxylic acids is 1. The fraction of sp³-hybridized carbons (Fsp3) is 0.0769. The molecule has 0 radical (unpaired) electrons. The predicted octanol–water partition coefficient (Wildman–Crippen LogP) is 2.80. The summed E-state index contributed by atoms with van der Waals surface area (Å²) in [5, 5.41) is 16.7. The van der Waals surface area contributed by atoms with Crippen LogP contribution in [0.3, 0.4) is 0 Å². The highest BCUT2D eigenvalue weighted by molar-refractivity contribution is 9.10. The van der Waals surface area contributed by atoms with E-state index in [0.29, 0.717) is 5.82 Å². The Morgan fingerprint density at radius 1 is 1.29 bits per heavy atom. The topological polar surface area (TPSA) is 72.7 Å². The number of hydrogen-bond acceptors (Lipinski definition) is 5. The largest absolute Gasteiger partial charge is 0.324 e. The van der Waals surface area contributed by atoms with Gasteiger partial charge in [-0.05, 0) is 40.9 Å². The van der Waals surface area contributed by atoms with Crippen molar-refractivity contribution in [2.45, 2.75) is 6.54 Å². The Hall–Kier alpha value is -2.06. The molecule has 0 atom stereocenters. The maximum atomic E-state index is 11.9. The third kappa shape index (κ3) is 3.53. The van der Waals surface area contributed by atoms with Crippen LogP contribution in [0, 0.1) is 0 Å². The first-order valence-corrected chi connectivity index (χ1v) is 7.75. The van der Waals surface area contributed by atoms with Crippen molar-refractivity contribution in [1.29, 1.82) is 0 Å².